The normalized spacial score (nSPS) is 14.4. The van der Waals surface area contributed by atoms with Gasteiger partial charge in [0.1, 0.15) is 0 Å². The van der Waals surface area contributed by atoms with E-state index in [2.05, 4.69) is 25.3 Å². The van der Waals surface area contributed by atoms with Gasteiger partial charge in [-0.05, 0) is 30.7 Å². The number of benzene rings is 1. The molecular weight excluding hydrogens is 398 g/mol. The van der Waals surface area contributed by atoms with Crippen LogP contribution < -0.4 is 20.5 Å². The molecule has 0 spiro atoms. The number of hydrogen-bond donors (Lipinski definition) is 2. The lowest BCUT2D eigenvalue weighted by atomic mass is 10.2. The molecule has 0 saturated carbocycles. The number of nitrogens with zero attached hydrogens (tertiary/aromatic N) is 5. The van der Waals surface area contributed by atoms with Crippen LogP contribution in [0.4, 0.5) is 17.6 Å². The summed E-state index contributed by atoms with van der Waals surface area (Å²) in [7, 11) is 1.62. The summed E-state index contributed by atoms with van der Waals surface area (Å²) in [5.41, 5.74) is 6.74. The largest absolute Gasteiger partial charge is 0.493 e. The molecule has 0 unspecified atom stereocenters. The molecule has 2 aromatic heterocycles. The first-order valence-electron chi connectivity index (χ1n) is 10.2. The maximum Gasteiger partial charge on any atom is 0.248 e. The Morgan fingerprint density at radius 2 is 2.03 bits per heavy atom. The second kappa shape index (κ2) is 10.1. The van der Waals surface area contributed by atoms with Gasteiger partial charge < -0.3 is 25.3 Å². The molecule has 4 rings (SSSR count). The van der Waals surface area contributed by atoms with Crippen molar-refractivity contribution >= 4 is 17.6 Å². The average molecular weight is 425 g/mol. The molecule has 0 radical (unpaired) electrons. The molecule has 1 fully saturated rings. The van der Waals surface area contributed by atoms with Crippen molar-refractivity contribution in [1.82, 2.24) is 24.6 Å². The van der Waals surface area contributed by atoms with E-state index < -0.39 is 0 Å². The topological polar surface area (TPSA) is 113 Å². The molecular formula is C21H27N7O3. The van der Waals surface area contributed by atoms with Gasteiger partial charge in [0.15, 0.2) is 17.3 Å². The van der Waals surface area contributed by atoms with Crippen LogP contribution in [0.2, 0.25) is 0 Å². The smallest absolute Gasteiger partial charge is 0.248 e. The molecule has 1 saturated heterocycles. The molecule has 10 heteroatoms. The van der Waals surface area contributed by atoms with Crippen LogP contribution >= 0.6 is 0 Å². The van der Waals surface area contributed by atoms with E-state index in [1.165, 1.54) is 4.68 Å². The molecule has 1 aliphatic rings. The summed E-state index contributed by atoms with van der Waals surface area (Å²) in [6, 6.07) is 11.1. The lowest BCUT2D eigenvalue weighted by Crippen LogP contribution is -2.37. The monoisotopic (exact) mass is 425 g/mol. The van der Waals surface area contributed by atoms with E-state index in [4.69, 9.17) is 19.9 Å². The summed E-state index contributed by atoms with van der Waals surface area (Å²) in [4.78, 5) is 10.9. The van der Waals surface area contributed by atoms with Gasteiger partial charge in [-0.2, -0.15) is 9.67 Å². The first kappa shape index (κ1) is 20.9. The van der Waals surface area contributed by atoms with Gasteiger partial charge in [-0.15, -0.1) is 5.10 Å². The number of nitrogen functional groups attached to an aromatic ring is 1. The summed E-state index contributed by atoms with van der Waals surface area (Å²) < 4.78 is 18.3. The van der Waals surface area contributed by atoms with E-state index in [0.29, 0.717) is 29.9 Å². The van der Waals surface area contributed by atoms with E-state index in [-0.39, 0.29) is 5.95 Å². The molecule has 0 bridgehead atoms. The number of nitrogens with two attached hydrogens (primary N) is 1. The number of ether oxygens (including phenoxy) is 3. The standard InChI is InChI=1S/C21H27N7O3/c1-29-18-15-16(6-7-17(18)31-12-4-9-27-10-13-30-14-11-27)24-21-25-20(22)28(26-21)19-5-2-3-8-23-19/h2-3,5-8,15H,4,9-14H2,1H3,(H3,22,24,25,26). The minimum atomic E-state index is 0.244. The predicted octanol–water partition coefficient (Wildman–Crippen LogP) is 2.10. The third-order valence-electron chi connectivity index (χ3n) is 4.90. The molecule has 3 heterocycles. The van der Waals surface area contributed by atoms with Gasteiger partial charge in [-0.25, -0.2) is 4.98 Å². The molecule has 1 aliphatic heterocycles. The van der Waals surface area contributed by atoms with E-state index in [1.807, 2.05) is 36.4 Å². The Labute approximate surface area is 180 Å². The van der Waals surface area contributed by atoms with Crippen LogP contribution in [-0.4, -0.2) is 71.2 Å². The maximum absolute atomic E-state index is 5.98. The fourth-order valence-electron chi connectivity index (χ4n) is 3.31. The van der Waals surface area contributed by atoms with Crippen molar-refractivity contribution in [2.45, 2.75) is 6.42 Å². The maximum atomic E-state index is 5.98. The van der Waals surface area contributed by atoms with Crippen molar-refractivity contribution in [3.63, 3.8) is 0 Å². The minimum absolute atomic E-state index is 0.244. The minimum Gasteiger partial charge on any atom is -0.493 e. The molecule has 31 heavy (non-hydrogen) atoms. The predicted molar refractivity (Wildman–Crippen MR) is 117 cm³/mol. The fourth-order valence-corrected chi connectivity index (χ4v) is 3.31. The van der Waals surface area contributed by atoms with Crippen molar-refractivity contribution in [3.8, 4) is 17.3 Å². The highest BCUT2D eigenvalue weighted by Crippen LogP contribution is 2.31. The number of pyridine rings is 1. The first-order chi connectivity index (χ1) is 15.2. The Morgan fingerprint density at radius 1 is 1.16 bits per heavy atom. The van der Waals surface area contributed by atoms with E-state index in [9.17, 15) is 0 Å². The molecule has 0 atom stereocenters. The van der Waals surface area contributed by atoms with Gasteiger partial charge in [-0.1, -0.05) is 6.07 Å². The zero-order valence-corrected chi connectivity index (χ0v) is 17.5. The SMILES string of the molecule is COc1cc(Nc2nc(N)n(-c3ccccn3)n2)ccc1OCCCN1CCOCC1. The lowest BCUT2D eigenvalue weighted by Gasteiger charge is -2.26. The Balaban J connectivity index is 1.35. The second-order valence-corrected chi connectivity index (χ2v) is 7.04. The number of rotatable bonds is 9. The lowest BCUT2D eigenvalue weighted by molar-refractivity contribution is 0.0357. The van der Waals surface area contributed by atoms with Crippen molar-refractivity contribution < 1.29 is 14.2 Å². The average Bonchev–Trinajstić information content (AvgIpc) is 3.18. The van der Waals surface area contributed by atoms with Gasteiger partial charge >= 0.3 is 0 Å². The number of aromatic nitrogens is 4. The highest BCUT2D eigenvalue weighted by Gasteiger charge is 2.13. The summed E-state index contributed by atoms with van der Waals surface area (Å²) in [6.45, 7) is 5.20. The first-order valence-corrected chi connectivity index (χ1v) is 10.2. The molecule has 0 amide bonds. The van der Waals surface area contributed by atoms with Gasteiger partial charge in [0, 0.05) is 37.6 Å². The zero-order chi connectivity index (χ0) is 21.5. The molecule has 164 valence electrons. The number of methoxy groups -OCH3 is 1. The van der Waals surface area contributed by atoms with Crippen LogP contribution in [0.15, 0.2) is 42.6 Å². The Hall–Kier alpha value is -3.37. The van der Waals surface area contributed by atoms with Crippen molar-refractivity contribution in [2.24, 2.45) is 0 Å². The third-order valence-corrected chi connectivity index (χ3v) is 4.90. The van der Waals surface area contributed by atoms with Crippen LogP contribution in [0.5, 0.6) is 11.5 Å². The van der Waals surface area contributed by atoms with Crippen LogP contribution in [0, 0.1) is 0 Å². The van der Waals surface area contributed by atoms with Crippen molar-refractivity contribution in [1.29, 1.82) is 0 Å². The zero-order valence-electron chi connectivity index (χ0n) is 17.5. The third kappa shape index (κ3) is 5.41. The van der Waals surface area contributed by atoms with Crippen LogP contribution in [0.1, 0.15) is 6.42 Å². The van der Waals surface area contributed by atoms with Gasteiger partial charge in [0.25, 0.3) is 0 Å². The summed E-state index contributed by atoms with van der Waals surface area (Å²) in [6.07, 6.45) is 2.62. The second-order valence-electron chi connectivity index (χ2n) is 7.04. The molecule has 3 aromatic rings. The van der Waals surface area contributed by atoms with Crippen molar-refractivity contribution in [3.05, 3.63) is 42.6 Å². The van der Waals surface area contributed by atoms with Gasteiger partial charge in [-0.3, -0.25) is 4.90 Å². The summed E-state index contributed by atoms with van der Waals surface area (Å²) >= 11 is 0. The van der Waals surface area contributed by atoms with E-state index in [1.54, 1.807) is 13.3 Å². The highest BCUT2D eigenvalue weighted by atomic mass is 16.5. The summed E-state index contributed by atoms with van der Waals surface area (Å²) in [5, 5.41) is 7.52. The van der Waals surface area contributed by atoms with Crippen LogP contribution in [0.25, 0.3) is 5.82 Å². The van der Waals surface area contributed by atoms with Gasteiger partial charge in [0.2, 0.25) is 11.9 Å². The van der Waals surface area contributed by atoms with Gasteiger partial charge in [0.05, 0.1) is 26.9 Å². The highest BCUT2D eigenvalue weighted by molar-refractivity contribution is 5.60. The Bertz CT molecular complexity index is 974. The molecule has 0 aliphatic carbocycles. The number of hydrogen-bond acceptors (Lipinski definition) is 9. The number of anilines is 3. The van der Waals surface area contributed by atoms with E-state index >= 15 is 0 Å². The molecule has 10 nitrogen and oxygen atoms in total. The van der Waals surface area contributed by atoms with E-state index in [0.717, 1.165) is 45.0 Å². The number of nitrogens with one attached hydrogen (secondary N) is 1. The summed E-state index contributed by atoms with van der Waals surface area (Å²) in [5.74, 6) is 2.53. The Morgan fingerprint density at radius 3 is 2.81 bits per heavy atom. The quantitative estimate of drug-likeness (QED) is 0.498. The fraction of sp³-hybridized carbons (Fsp3) is 0.381. The molecule has 3 N–H and O–H groups in total. The van der Waals surface area contributed by atoms with Crippen LogP contribution in [0.3, 0.4) is 0 Å². The van der Waals surface area contributed by atoms with Crippen molar-refractivity contribution in [2.75, 3.05) is 57.6 Å². The number of morpholine rings is 1. The Kier molecular flexibility index (Phi) is 6.80. The van der Waals surface area contributed by atoms with Crippen LogP contribution in [-0.2, 0) is 4.74 Å². The molecule has 1 aromatic carbocycles.